The van der Waals surface area contributed by atoms with Gasteiger partial charge in [0.2, 0.25) is 0 Å². The zero-order chi connectivity index (χ0) is 14.8. The molecule has 3 rings (SSSR count). The zero-order valence-electron chi connectivity index (χ0n) is 11.2. The van der Waals surface area contributed by atoms with Crippen molar-refractivity contribution in [3.8, 4) is 0 Å². The number of aromatic nitrogens is 1. The lowest BCUT2D eigenvalue weighted by atomic mass is 9.97. The summed E-state index contributed by atoms with van der Waals surface area (Å²) in [5.74, 6) is -0.0915. The number of rotatable bonds is 3. The highest BCUT2D eigenvalue weighted by Crippen LogP contribution is 2.23. The van der Waals surface area contributed by atoms with E-state index in [-0.39, 0.29) is 18.0 Å². The molecule has 0 aliphatic heterocycles. The normalized spacial score (nSPS) is 10.7. The predicted molar refractivity (Wildman–Crippen MR) is 80.6 cm³/mol. The standard InChI is InChI=1S/C17H13FN2O/c18-15-8-7-14(12-5-1-2-6-13(12)15)16(21)10-11-4-3-9-20-17(11)19/h1-9H,10H2,(H2,19,20). The number of halogens is 1. The third kappa shape index (κ3) is 2.48. The van der Waals surface area contributed by atoms with Gasteiger partial charge in [-0.2, -0.15) is 0 Å². The van der Waals surface area contributed by atoms with Crippen molar-refractivity contribution in [2.45, 2.75) is 6.42 Å². The minimum absolute atomic E-state index is 0.106. The lowest BCUT2D eigenvalue weighted by Crippen LogP contribution is -2.07. The largest absolute Gasteiger partial charge is 0.383 e. The van der Waals surface area contributed by atoms with Gasteiger partial charge in [0, 0.05) is 29.1 Å². The Balaban J connectivity index is 2.03. The number of pyridine rings is 1. The van der Waals surface area contributed by atoms with E-state index in [2.05, 4.69) is 4.98 Å². The molecule has 4 heteroatoms. The van der Waals surface area contributed by atoms with Gasteiger partial charge in [0.25, 0.3) is 0 Å². The summed E-state index contributed by atoms with van der Waals surface area (Å²) in [4.78, 5) is 16.5. The first-order valence-electron chi connectivity index (χ1n) is 6.56. The lowest BCUT2D eigenvalue weighted by molar-refractivity contribution is 0.0994. The molecule has 21 heavy (non-hydrogen) atoms. The van der Waals surface area contributed by atoms with Gasteiger partial charge < -0.3 is 5.73 Å². The van der Waals surface area contributed by atoms with Crippen molar-refractivity contribution in [3.05, 3.63) is 71.7 Å². The highest BCUT2D eigenvalue weighted by atomic mass is 19.1. The van der Waals surface area contributed by atoms with E-state index in [1.165, 1.54) is 12.1 Å². The second kappa shape index (κ2) is 5.32. The van der Waals surface area contributed by atoms with Crippen molar-refractivity contribution in [3.63, 3.8) is 0 Å². The van der Waals surface area contributed by atoms with Crippen LogP contribution in [0.4, 0.5) is 10.2 Å². The van der Waals surface area contributed by atoms with E-state index in [0.717, 1.165) is 0 Å². The first-order chi connectivity index (χ1) is 10.2. The van der Waals surface area contributed by atoms with Crippen molar-refractivity contribution in [2.75, 3.05) is 5.73 Å². The molecule has 0 aliphatic rings. The maximum atomic E-state index is 13.8. The van der Waals surface area contributed by atoms with Gasteiger partial charge in [0.15, 0.2) is 5.78 Å². The van der Waals surface area contributed by atoms with Crippen molar-refractivity contribution in [1.29, 1.82) is 0 Å². The van der Waals surface area contributed by atoms with E-state index in [1.807, 2.05) is 0 Å². The van der Waals surface area contributed by atoms with Gasteiger partial charge in [0.1, 0.15) is 11.6 Å². The van der Waals surface area contributed by atoms with Crippen LogP contribution in [0.2, 0.25) is 0 Å². The average molecular weight is 280 g/mol. The van der Waals surface area contributed by atoms with E-state index >= 15 is 0 Å². The molecule has 0 aliphatic carbocycles. The highest BCUT2D eigenvalue weighted by molar-refractivity contribution is 6.09. The molecule has 3 aromatic rings. The number of benzene rings is 2. The SMILES string of the molecule is Nc1ncccc1CC(=O)c1ccc(F)c2ccccc12. The Bertz CT molecular complexity index is 830. The van der Waals surface area contributed by atoms with Crippen LogP contribution in [0.15, 0.2) is 54.7 Å². The highest BCUT2D eigenvalue weighted by Gasteiger charge is 2.14. The molecule has 1 aromatic heterocycles. The Morgan fingerprint density at radius 1 is 1.05 bits per heavy atom. The first kappa shape index (κ1) is 13.2. The third-order valence-corrected chi connectivity index (χ3v) is 3.45. The summed E-state index contributed by atoms with van der Waals surface area (Å²) in [6, 6.07) is 13.3. The smallest absolute Gasteiger partial charge is 0.168 e. The summed E-state index contributed by atoms with van der Waals surface area (Å²) in [6.07, 6.45) is 1.73. The number of nitrogens with zero attached hydrogens (tertiary/aromatic N) is 1. The third-order valence-electron chi connectivity index (χ3n) is 3.45. The Morgan fingerprint density at radius 3 is 2.57 bits per heavy atom. The van der Waals surface area contributed by atoms with Crippen LogP contribution in [0.1, 0.15) is 15.9 Å². The molecule has 0 saturated heterocycles. The van der Waals surface area contributed by atoms with Gasteiger partial charge in [-0.3, -0.25) is 4.79 Å². The number of carbonyl (C=O) groups is 1. The lowest BCUT2D eigenvalue weighted by Gasteiger charge is -2.08. The number of Topliss-reactive ketones (excluding diaryl/α,β-unsaturated/α-hetero) is 1. The fourth-order valence-electron chi connectivity index (χ4n) is 2.37. The van der Waals surface area contributed by atoms with Gasteiger partial charge in [-0.1, -0.05) is 30.3 Å². The summed E-state index contributed by atoms with van der Waals surface area (Å²) in [7, 11) is 0. The minimum Gasteiger partial charge on any atom is -0.383 e. The molecule has 0 fully saturated rings. The molecule has 0 amide bonds. The second-order valence-corrected chi connectivity index (χ2v) is 4.79. The van der Waals surface area contributed by atoms with E-state index in [4.69, 9.17) is 5.73 Å². The summed E-state index contributed by atoms with van der Waals surface area (Å²) in [6.45, 7) is 0. The second-order valence-electron chi connectivity index (χ2n) is 4.79. The molecule has 0 atom stereocenters. The van der Waals surface area contributed by atoms with Crippen LogP contribution in [0, 0.1) is 5.82 Å². The van der Waals surface area contributed by atoms with Crippen molar-refractivity contribution >= 4 is 22.4 Å². The van der Waals surface area contributed by atoms with Crippen molar-refractivity contribution in [2.24, 2.45) is 0 Å². The van der Waals surface area contributed by atoms with Crippen molar-refractivity contribution < 1.29 is 9.18 Å². The quantitative estimate of drug-likeness (QED) is 0.748. The van der Waals surface area contributed by atoms with Gasteiger partial charge in [-0.25, -0.2) is 9.37 Å². The first-order valence-corrected chi connectivity index (χ1v) is 6.56. The zero-order valence-corrected chi connectivity index (χ0v) is 11.2. The molecule has 2 N–H and O–H groups in total. The van der Waals surface area contributed by atoms with Crippen LogP contribution in [0.5, 0.6) is 0 Å². The number of anilines is 1. The van der Waals surface area contributed by atoms with Crippen molar-refractivity contribution in [1.82, 2.24) is 4.98 Å². The number of nitrogens with two attached hydrogens (primary N) is 1. The molecule has 0 radical (unpaired) electrons. The molecule has 0 spiro atoms. The molecule has 0 bridgehead atoms. The van der Waals surface area contributed by atoms with Crippen LogP contribution in [0.25, 0.3) is 10.8 Å². The van der Waals surface area contributed by atoms with Gasteiger partial charge in [0.05, 0.1) is 0 Å². The van der Waals surface area contributed by atoms with Crippen LogP contribution >= 0.6 is 0 Å². The molecule has 0 unspecified atom stereocenters. The maximum absolute atomic E-state index is 13.8. The van der Waals surface area contributed by atoms with E-state index in [1.54, 1.807) is 42.6 Å². The van der Waals surface area contributed by atoms with Gasteiger partial charge >= 0.3 is 0 Å². The number of ketones is 1. The molecule has 3 nitrogen and oxygen atoms in total. The number of nitrogen functional groups attached to an aromatic ring is 1. The fourth-order valence-corrected chi connectivity index (χ4v) is 2.37. The summed E-state index contributed by atoms with van der Waals surface area (Å²) >= 11 is 0. The van der Waals surface area contributed by atoms with Crippen LogP contribution < -0.4 is 5.73 Å². The van der Waals surface area contributed by atoms with Gasteiger partial charge in [-0.15, -0.1) is 0 Å². The van der Waals surface area contributed by atoms with E-state index in [0.29, 0.717) is 27.7 Å². The Hall–Kier alpha value is -2.75. The molecule has 0 saturated carbocycles. The maximum Gasteiger partial charge on any atom is 0.168 e. The summed E-state index contributed by atoms with van der Waals surface area (Å²) < 4.78 is 13.8. The molecule has 1 heterocycles. The number of fused-ring (bicyclic) bond motifs is 1. The monoisotopic (exact) mass is 280 g/mol. The predicted octanol–water partition coefficient (Wildman–Crippen LogP) is 3.38. The molecular weight excluding hydrogens is 267 g/mol. The fraction of sp³-hybridized carbons (Fsp3) is 0.0588. The number of carbonyl (C=O) groups excluding carboxylic acids is 1. The van der Waals surface area contributed by atoms with E-state index in [9.17, 15) is 9.18 Å². The topological polar surface area (TPSA) is 56.0 Å². The Morgan fingerprint density at radius 2 is 1.81 bits per heavy atom. The number of hydrogen-bond donors (Lipinski definition) is 1. The number of hydrogen-bond acceptors (Lipinski definition) is 3. The average Bonchev–Trinajstić information content (AvgIpc) is 2.50. The van der Waals surface area contributed by atoms with Crippen LogP contribution in [0.3, 0.4) is 0 Å². The summed E-state index contributed by atoms with van der Waals surface area (Å²) in [5.41, 5.74) is 6.93. The molecular formula is C17H13FN2O. The Kier molecular flexibility index (Phi) is 3.36. The van der Waals surface area contributed by atoms with Crippen LogP contribution in [-0.4, -0.2) is 10.8 Å². The molecule has 2 aromatic carbocycles. The minimum atomic E-state index is -0.331. The van der Waals surface area contributed by atoms with Gasteiger partial charge in [-0.05, 0) is 23.6 Å². The summed E-state index contributed by atoms with van der Waals surface area (Å²) in [5, 5.41) is 1.06. The van der Waals surface area contributed by atoms with E-state index < -0.39 is 0 Å². The van der Waals surface area contributed by atoms with Crippen LogP contribution in [-0.2, 0) is 6.42 Å². The Labute approximate surface area is 121 Å². The molecule has 104 valence electrons.